The van der Waals surface area contributed by atoms with Crippen molar-refractivity contribution in [2.24, 2.45) is 0 Å². The summed E-state index contributed by atoms with van der Waals surface area (Å²) in [6.07, 6.45) is 2.32. The van der Waals surface area contributed by atoms with Crippen molar-refractivity contribution < 1.29 is 14.7 Å². The summed E-state index contributed by atoms with van der Waals surface area (Å²) in [5.41, 5.74) is 2.23. The SMILES string of the molecule is Cc1ccc(CCCC(=O)NC2(C(=O)O)CC2c2ccccc2)cc1. The summed E-state index contributed by atoms with van der Waals surface area (Å²) in [5, 5.41) is 12.4. The molecule has 1 amide bonds. The maximum Gasteiger partial charge on any atom is 0.330 e. The summed E-state index contributed by atoms with van der Waals surface area (Å²) in [6.45, 7) is 2.04. The largest absolute Gasteiger partial charge is 0.479 e. The van der Waals surface area contributed by atoms with Gasteiger partial charge in [0.15, 0.2) is 0 Å². The number of carboxylic acids is 1. The molecule has 2 atom stereocenters. The molecule has 0 bridgehead atoms. The Morgan fingerprint density at radius 3 is 2.44 bits per heavy atom. The lowest BCUT2D eigenvalue weighted by molar-refractivity contribution is -0.143. The molecule has 0 aromatic heterocycles. The maximum absolute atomic E-state index is 12.2. The Kier molecular flexibility index (Phi) is 4.88. The zero-order valence-electron chi connectivity index (χ0n) is 14.4. The number of aryl methyl sites for hydroxylation is 2. The van der Waals surface area contributed by atoms with Crippen LogP contribution >= 0.6 is 0 Å². The average Bonchev–Trinajstić information content (AvgIpc) is 3.33. The molecule has 1 fully saturated rings. The summed E-state index contributed by atoms with van der Waals surface area (Å²) >= 11 is 0. The van der Waals surface area contributed by atoms with E-state index in [1.54, 1.807) is 0 Å². The van der Waals surface area contributed by atoms with Crippen molar-refractivity contribution in [1.82, 2.24) is 5.32 Å². The summed E-state index contributed by atoms with van der Waals surface area (Å²) in [5.74, 6) is -1.28. The smallest absolute Gasteiger partial charge is 0.330 e. The minimum atomic E-state index is -1.14. The van der Waals surface area contributed by atoms with Crippen LogP contribution in [0.4, 0.5) is 0 Å². The van der Waals surface area contributed by atoms with E-state index in [9.17, 15) is 14.7 Å². The van der Waals surface area contributed by atoms with Gasteiger partial charge in [0.2, 0.25) is 5.91 Å². The second kappa shape index (κ2) is 7.09. The number of amides is 1. The van der Waals surface area contributed by atoms with Gasteiger partial charge in [-0.1, -0.05) is 60.2 Å². The fraction of sp³-hybridized carbons (Fsp3) is 0.333. The normalized spacial score (nSPS) is 21.6. The second-order valence-electron chi connectivity index (χ2n) is 6.83. The molecule has 2 unspecified atom stereocenters. The van der Waals surface area contributed by atoms with Gasteiger partial charge in [-0.15, -0.1) is 0 Å². The molecule has 4 heteroatoms. The summed E-state index contributed by atoms with van der Waals surface area (Å²) in [6, 6.07) is 17.8. The Balaban J connectivity index is 1.54. The fourth-order valence-corrected chi connectivity index (χ4v) is 3.30. The second-order valence-corrected chi connectivity index (χ2v) is 6.83. The van der Waals surface area contributed by atoms with E-state index in [1.807, 2.05) is 37.3 Å². The van der Waals surface area contributed by atoms with Crippen LogP contribution in [-0.4, -0.2) is 22.5 Å². The molecule has 1 aliphatic rings. The first-order chi connectivity index (χ1) is 12.0. The highest BCUT2D eigenvalue weighted by Crippen LogP contribution is 2.51. The van der Waals surface area contributed by atoms with Crippen LogP contribution in [0.1, 0.15) is 41.9 Å². The third kappa shape index (κ3) is 3.90. The van der Waals surface area contributed by atoms with Gasteiger partial charge in [0, 0.05) is 12.3 Å². The lowest BCUT2D eigenvalue weighted by atomic mass is 10.0. The highest BCUT2D eigenvalue weighted by molar-refractivity contribution is 5.91. The summed E-state index contributed by atoms with van der Waals surface area (Å²) in [7, 11) is 0. The van der Waals surface area contributed by atoms with E-state index in [-0.39, 0.29) is 11.8 Å². The van der Waals surface area contributed by atoms with Gasteiger partial charge in [0.1, 0.15) is 5.54 Å². The number of benzene rings is 2. The molecule has 25 heavy (non-hydrogen) atoms. The van der Waals surface area contributed by atoms with Gasteiger partial charge in [-0.2, -0.15) is 0 Å². The molecule has 0 spiro atoms. The number of rotatable bonds is 7. The molecular weight excluding hydrogens is 314 g/mol. The Morgan fingerprint density at radius 2 is 1.80 bits per heavy atom. The molecule has 130 valence electrons. The Hall–Kier alpha value is -2.62. The zero-order valence-corrected chi connectivity index (χ0v) is 14.4. The van der Waals surface area contributed by atoms with Gasteiger partial charge in [-0.3, -0.25) is 4.79 Å². The molecule has 1 aliphatic carbocycles. The first-order valence-corrected chi connectivity index (χ1v) is 8.66. The van der Waals surface area contributed by atoms with Gasteiger partial charge in [-0.25, -0.2) is 4.79 Å². The third-order valence-electron chi connectivity index (χ3n) is 4.90. The number of hydrogen-bond acceptors (Lipinski definition) is 2. The first-order valence-electron chi connectivity index (χ1n) is 8.66. The molecule has 3 rings (SSSR count). The van der Waals surface area contributed by atoms with Crippen LogP contribution in [0.3, 0.4) is 0 Å². The fourth-order valence-electron chi connectivity index (χ4n) is 3.30. The standard InChI is InChI=1S/C21H23NO3/c1-15-10-12-16(13-11-15)6-5-9-19(23)22-21(20(24)25)14-18(21)17-7-3-2-4-8-17/h2-4,7-8,10-13,18H,5-6,9,14H2,1H3,(H,22,23)(H,24,25). The molecule has 0 radical (unpaired) electrons. The number of carboxylic acid groups (broad SMARTS) is 1. The lowest BCUT2D eigenvalue weighted by Gasteiger charge is -2.15. The molecule has 2 aromatic rings. The highest BCUT2D eigenvalue weighted by Gasteiger charge is 2.62. The van der Waals surface area contributed by atoms with E-state index >= 15 is 0 Å². The maximum atomic E-state index is 12.2. The number of hydrogen-bond donors (Lipinski definition) is 2. The predicted molar refractivity (Wildman–Crippen MR) is 96.4 cm³/mol. The molecule has 0 saturated heterocycles. The molecule has 0 heterocycles. The van der Waals surface area contributed by atoms with E-state index in [2.05, 4.69) is 29.6 Å². The number of aliphatic carboxylic acids is 1. The van der Waals surface area contributed by atoms with E-state index in [4.69, 9.17) is 0 Å². The van der Waals surface area contributed by atoms with Crippen molar-refractivity contribution in [3.8, 4) is 0 Å². The van der Waals surface area contributed by atoms with Crippen molar-refractivity contribution in [2.75, 3.05) is 0 Å². The van der Waals surface area contributed by atoms with Crippen molar-refractivity contribution in [3.05, 3.63) is 71.3 Å². The zero-order chi connectivity index (χ0) is 17.9. The Labute approximate surface area is 147 Å². The van der Waals surface area contributed by atoms with Gasteiger partial charge >= 0.3 is 5.97 Å². The van der Waals surface area contributed by atoms with Crippen LogP contribution in [0.2, 0.25) is 0 Å². The van der Waals surface area contributed by atoms with E-state index in [0.717, 1.165) is 12.0 Å². The van der Waals surface area contributed by atoms with Gasteiger partial charge in [0.25, 0.3) is 0 Å². The van der Waals surface area contributed by atoms with Crippen LogP contribution in [0.15, 0.2) is 54.6 Å². The van der Waals surface area contributed by atoms with Crippen molar-refractivity contribution >= 4 is 11.9 Å². The van der Waals surface area contributed by atoms with Crippen LogP contribution in [0.5, 0.6) is 0 Å². The van der Waals surface area contributed by atoms with Crippen molar-refractivity contribution in [3.63, 3.8) is 0 Å². The van der Waals surface area contributed by atoms with Gasteiger partial charge in [-0.05, 0) is 37.3 Å². The number of carbonyl (C=O) groups is 2. The van der Waals surface area contributed by atoms with E-state index in [0.29, 0.717) is 19.3 Å². The minimum Gasteiger partial charge on any atom is -0.479 e. The number of nitrogens with one attached hydrogen (secondary N) is 1. The molecule has 2 aromatic carbocycles. The van der Waals surface area contributed by atoms with E-state index in [1.165, 1.54) is 11.1 Å². The first kappa shape index (κ1) is 17.2. The highest BCUT2D eigenvalue weighted by atomic mass is 16.4. The predicted octanol–water partition coefficient (Wildman–Crippen LogP) is 3.44. The van der Waals surface area contributed by atoms with Crippen LogP contribution in [0, 0.1) is 6.92 Å². The molecule has 4 nitrogen and oxygen atoms in total. The minimum absolute atomic E-state index is 0.146. The third-order valence-corrected chi connectivity index (χ3v) is 4.90. The average molecular weight is 337 g/mol. The van der Waals surface area contributed by atoms with Crippen LogP contribution < -0.4 is 5.32 Å². The van der Waals surface area contributed by atoms with Crippen LogP contribution in [-0.2, 0) is 16.0 Å². The molecule has 1 saturated carbocycles. The van der Waals surface area contributed by atoms with Crippen molar-refractivity contribution in [2.45, 2.75) is 44.1 Å². The van der Waals surface area contributed by atoms with Crippen molar-refractivity contribution in [1.29, 1.82) is 0 Å². The van der Waals surface area contributed by atoms with Crippen LogP contribution in [0.25, 0.3) is 0 Å². The molecular formula is C21H23NO3. The Morgan fingerprint density at radius 1 is 1.12 bits per heavy atom. The monoisotopic (exact) mass is 337 g/mol. The quantitative estimate of drug-likeness (QED) is 0.813. The Bertz CT molecular complexity index is 754. The topological polar surface area (TPSA) is 66.4 Å². The van der Waals surface area contributed by atoms with Gasteiger partial charge < -0.3 is 10.4 Å². The summed E-state index contributed by atoms with van der Waals surface area (Å²) < 4.78 is 0. The number of carbonyl (C=O) groups excluding carboxylic acids is 1. The molecule has 2 N–H and O–H groups in total. The summed E-state index contributed by atoms with van der Waals surface area (Å²) in [4.78, 5) is 24.0. The molecule has 0 aliphatic heterocycles. The van der Waals surface area contributed by atoms with Gasteiger partial charge in [0.05, 0.1) is 0 Å². The lowest BCUT2D eigenvalue weighted by Crippen LogP contribution is -2.44. The van der Waals surface area contributed by atoms with E-state index < -0.39 is 11.5 Å².